The highest BCUT2D eigenvalue weighted by Crippen LogP contribution is 2.33. The molecule has 0 unspecified atom stereocenters. The number of hydrogen-bond acceptors (Lipinski definition) is 3. The van der Waals surface area contributed by atoms with E-state index < -0.39 is 0 Å². The van der Waals surface area contributed by atoms with Crippen LogP contribution in [0.1, 0.15) is 9.67 Å². The Morgan fingerprint density at radius 3 is 2.53 bits per heavy atom. The summed E-state index contributed by atoms with van der Waals surface area (Å²) in [6.45, 7) is 0. The second-order valence-corrected chi connectivity index (χ2v) is 6.53. The number of pyridine rings is 1. The Kier molecular flexibility index (Phi) is 3.96. The van der Waals surface area contributed by atoms with Crippen molar-refractivity contribution in [2.75, 3.05) is 11.9 Å². The molecule has 1 amide bonds. The Labute approximate surface area is 120 Å². The molecular formula is C11H8Br2N2OS. The lowest BCUT2D eigenvalue weighted by Crippen LogP contribution is -2.25. The van der Waals surface area contributed by atoms with Crippen molar-refractivity contribution in [2.24, 2.45) is 0 Å². The van der Waals surface area contributed by atoms with Gasteiger partial charge in [-0.25, -0.2) is 0 Å². The molecule has 2 rings (SSSR count). The van der Waals surface area contributed by atoms with Gasteiger partial charge in [-0.1, -0.05) is 0 Å². The first kappa shape index (κ1) is 12.7. The molecule has 6 heteroatoms. The molecule has 0 aliphatic heterocycles. The smallest absolute Gasteiger partial charge is 0.268 e. The van der Waals surface area contributed by atoms with Crippen LogP contribution in [0, 0.1) is 0 Å². The van der Waals surface area contributed by atoms with Crippen molar-refractivity contribution in [3.63, 3.8) is 0 Å². The number of hydrogen-bond donors (Lipinski definition) is 0. The first-order valence-electron chi connectivity index (χ1n) is 4.72. The zero-order valence-corrected chi connectivity index (χ0v) is 12.8. The van der Waals surface area contributed by atoms with Crippen molar-refractivity contribution >= 4 is 54.8 Å². The lowest BCUT2D eigenvalue weighted by Gasteiger charge is -2.15. The van der Waals surface area contributed by atoms with Crippen LogP contribution in [0.2, 0.25) is 0 Å². The highest BCUT2D eigenvalue weighted by Gasteiger charge is 2.17. The molecule has 0 spiro atoms. The van der Waals surface area contributed by atoms with E-state index in [1.54, 1.807) is 36.5 Å². The van der Waals surface area contributed by atoms with Crippen molar-refractivity contribution in [3.05, 3.63) is 43.7 Å². The molecule has 0 N–H and O–H groups in total. The zero-order chi connectivity index (χ0) is 12.4. The van der Waals surface area contributed by atoms with Crippen LogP contribution in [0.15, 0.2) is 38.9 Å². The lowest BCUT2D eigenvalue weighted by atomic mass is 10.3. The molecule has 0 bridgehead atoms. The van der Waals surface area contributed by atoms with Gasteiger partial charge in [-0.05, 0) is 50.1 Å². The molecule has 0 aromatic carbocycles. The molecule has 0 atom stereocenters. The highest BCUT2D eigenvalue weighted by atomic mass is 79.9. The minimum atomic E-state index is -0.0346. The third kappa shape index (κ3) is 2.75. The van der Waals surface area contributed by atoms with Gasteiger partial charge < -0.3 is 4.90 Å². The Hall–Kier alpha value is -0.720. The number of aromatic nitrogens is 1. The van der Waals surface area contributed by atoms with E-state index >= 15 is 0 Å². The number of halogens is 2. The van der Waals surface area contributed by atoms with Crippen LogP contribution in [-0.4, -0.2) is 17.9 Å². The first-order valence-corrected chi connectivity index (χ1v) is 7.13. The molecule has 2 aromatic rings. The standard InChI is InChI=1S/C11H8Br2N2OS/c1-15(7-2-4-14-5-3-7)11(16)9-6-8(12)10(13)17-9/h2-6H,1H3. The van der Waals surface area contributed by atoms with Crippen LogP contribution >= 0.6 is 43.2 Å². The van der Waals surface area contributed by atoms with E-state index in [-0.39, 0.29) is 5.91 Å². The van der Waals surface area contributed by atoms with E-state index in [2.05, 4.69) is 36.8 Å². The predicted molar refractivity (Wildman–Crippen MR) is 76.7 cm³/mol. The van der Waals surface area contributed by atoms with Gasteiger partial charge in [0.05, 0.1) is 8.66 Å². The van der Waals surface area contributed by atoms with Crippen molar-refractivity contribution in [1.29, 1.82) is 0 Å². The fourth-order valence-corrected chi connectivity index (χ4v) is 3.31. The molecule has 88 valence electrons. The van der Waals surface area contributed by atoms with Gasteiger partial charge in [-0.2, -0.15) is 0 Å². The minimum absolute atomic E-state index is 0.0346. The molecular weight excluding hydrogens is 368 g/mol. The number of thiophene rings is 1. The third-order valence-corrected chi connectivity index (χ3v) is 5.45. The Balaban J connectivity index is 2.26. The summed E-state index contributed by atoms with van der Waals surface area (Å²) in [5.41, 5.74) is 0.825. The summed E-state index contributed by atoms with van der Waals surface area (Å²) >= 11 is 8.16. The number of nitrogens with zero attached hydrogens (tertiary/aromatic N) is 2. The normalized spacial score (nSPS) is 10.3. The average Bonchev–Trinajstić information content (AvgIpc) is 2.69. The summed E-state index contributed by atoms with van der Waals surface area (Å²) < 4.78 is 1.82. The Morgan fingerprint density at radius 2 is 2.00 bits per heavy atom. The van der Waals surface area contributed by atoms with Gasteiger partial charge in [0.15, 0.2) is 0 Å². The number of anilines is 1. The van der Waals surface area contributed by atoms with Crippen LogP contribution in [0.25, 0.3) is 0 Å². The first-order chi connectivity index (χ1) is 8.09. The number of rotatable bonds is 2. The summed E-state index contributed by atoms with van der Waals surface area (Å²) in [5.74, 6) is -0.0346. The molecule has 0 saturated heterocycles. The average molecular weight is 376 g/mol. The van der Waals surface area contributed by atoms with Crippen LogP contribution in [0.5, 0.6) is 0 Å². The van der Waals surface area contributed by atoms with Crippen molar-refractivity contribution in [2.45, 2.75) is 0 Å². The van der Waals surface area contributed by atoms with Crippen LogP contribution in [0.3, 0.4) is 0 Å². The van der Waals surface area contributed by atoms with Gasteiger partial charge in [-0.15, -0.1) is 11.3 Å². The van der Waals surface area contributed by atoms with E-state index in [0.29, 0.717) is 4.88 Å². The largest absolute Gasteiger partial charge is 0.311 e. The van der Waals surface area contributed by atoms with E-state index in [4.69, 9.17) is 0 Å². The summed E-state index contributed by atoms with van der Waals surface area (Å²) in [4.78, 5) is 18.4. The topological polar surface area (TPSA) is 33.2 Å². The minimum Gasteiger partial charge on any atom is -0.311 e. The molecule has 0 aliphatic rings. The number of carbonyl (C=O) groups is 1. The van der Waals surface area contributed by atoms with Gasteiger partial charge in [-0.3, -0.25) is 9.78 Å². The monoisotopic (exact) mass is 374 g/mol. The van der Waals surface area contributed by atoms with E-state index in [9.17, 15) is 4.79 Å². The van der Waals surface area contributed by atoms with Gasteiger partial charge in [0, 0.05) is 29.6 Å². The molecule has 0 radical (unpaired) electrons. The van der Waals surface area contributed by atoms with Gasteiger partial charge in [0.25, 0.3) is 5.91 Å². The molecule has 0 aliphatic carbocycles. The molecule has 3 nitrogen and oxygen atoms in total. The van der Waals surface area contributed by atoms with Gasteiger partial charge >= 0.3 is 0 Å². The van der Waals surface area contributed by atoms with Crippen LogP contribution < -0.4 is 4.90 Å². The zero-order valence-electron chi connectivity index (χ0n) is 8.85. The SMILES string of the molecule is CN(C(=O)c1cc(Br)c(Br)s1)c1ccncc1. The molecule has 0 saturated carbocycles. The van der Waals surface area contributed by atoms with Crippen molar-refractivity contribution in [1.82, 2.24) is 4.98 Å². The molecule has 0 fully saturated rings. The van der Waals surface area contributed by atoms with Gasteiger partial charge in [0.1, 0.15) is 0 Å². The second kappa shape index (κ2) is 5.29. The van der Waals surface area contributed by atoms with Crippen LogP contribution in [0.4, 0.5) is 5.69 Å². The van der Waals surface area contributed by atoms with Gasteiger partial charge in [0.2, 0.25) is 0 Å². The maximum absolute atomic E-state index is 12.2. The third-order valence-electron chi connectivity index (χ3n) is 2.21. The highest BCUT2D eigenvalue weighted by molar-refractivity contribution is 9.13. The maximum Gasteiger partial charge on any atom is 0.268 e. The Bertz CT molecular complexity index is 522. The Morgan fingerprint density at radius 1 is 1.35 bits per heavy atom. The number of amides is 1. The molecule has 2 heterocycles. The quantitative estimate of drug-likeness (QED) is 0.796. The van der Waals surface area contributed by atoms with Crippen molar-refractivity contribution < 1.29 is 4.79 Å². The molecule has 2 aromatic heterocycles. The van der Waals surface area contributed by atoms with E-state index in [1.165, 1.54) is 11.3 Å². The number of carbonyl (C=O) groups excluding carboxylic acids is 1. The second-order valence-electron chi connectivity index (χ2n) is 3.30. The summed E-state index contributed by atoms with van der Waals surface area (Å²) in [6, 6.07) is 5.42. The van der Waals surface area contributed by atoms with E-state index in [1.807, 2.05) is 6.07 Å². The van der Waals surface area contributed by atoms with E-state index in [0.717, 1.165) is 13.9 Å². The molecule has 17 heavy (non-hydrogen) atoms. The van der Waals surface area contributed by atoms with Crippen LogP contribution in [-0.2, 0) is 0 Å². The predicted octanol–water partition coefficient (Wildman–Crippen LogP) is 3.94. The maximum atomic E-state index is 12.2. The fourth-order valence-electron chi connectivity index (χ4n) is 1.30. The van der Waals surface area contributed by atoms with Crippen molar-refractivity contribution in [3.8, 4) is 0 Å². The summed E-state index contributed by atoms with van der Waals surface area (Å²) in [6.07, 6.45) is 3.33. The summed E-state index contributed by atoms with van der Waals surface area (Å²) in [7, 11) is 1.75. The lowest BCUT2D eigenvalue weighted by molar-refractivity contribution is 0.0997. The fraction of sp³-hybridized carbons (Fsp3) is 0.0909. The summed E-state index contributed by atoms with van der Waals surface area (Å²) in [5, 5.41) is 0.